The predicted molar refractivity (Wildman–Crippen MR) is 202 cm³/mol. The van der Waals surface area contributed by atoms with Gasteiger partial charge < -0.3 is 24.1 Å². The summed E-state index contributed by atoms with van der Waals surface area (Å²) in [7, 11) is -4.19. The van der Waals surface area contributed by atoms with Crippen LogP contribution in [0.3, 0.4) is 0 Å². The lowest BCUT2D eigenvalue weighted by Crippen LogP contribution is -2.45. The van der Waals surface area contributed by atoms with Gasteiger partial charge in [0, 0.05) is 38.0 Å². The summed E-state index contributed by atoms with van der Waals surface area (Å²) in [5.74, 6) is 0.0553. The maximum atomic E-state index is 12.4. The summed E-state index contributed by atoms with van der Waals surface area (Å²) in [5, 5.41) is 20.4. The lowest BCUT2D eigenvalue weighted by molar-refractivity contribution is 0.143. The van der Waals surface area contributed by atoms with E-state index in [-0.39, 0.29) is 11.8 Å². The van der Waals surface area contributed by atoms with E-state index in [4.69, 9.17) is 4.12 Å². The maximum Gasteiger partial charge on any atom is 0.407 e. The van der Waals surface area contributed by atoms with Gasteiger partial charge in [0.1, 0.15) is 0 Å². The molecule has 256 valence electrons. The van der Waals surface area contributed by atoms with Crippen LogP contribution < -0.4 is 0 Å². The highest BCUT2D eigenvalue weighted by atomic mass is 28.4. The zero-order valence-corrected chi connectivity index (χ0v) is 31.1. The molecule has 4 aromatic carbocycles. The number of rotatable bonds is 14. The second-order valence-electron chi connectivity index (χ2n) is 14.7. The van der Waals surface area contributed by atoms with Crippen LogP contribution >= 0.6 is 0 Å². The third-order valence-electron chi connectivity index (χ3n) is 10.2. The first-order chi connectivity index (χ1) is 23.4. The van der Waals surface area contributed by atoms with Crippen LogP contribution in [0.2, 0.25) is 38.3 Å². The summed E-state index contributed by atoms with van der Waals surface area (Å²) >= 11 is 0. The summed E-state index contributed by atoms with van der Waals surface area (Å²) in [5.41, 5.74) is 9.57. The van der Waals surface area contributed by atoms with E-state index in [0.29, 0.717) is 26.2 Å². The second-order valence-corrected chi connectivity index (χ2v) is 23.6. The fourth-order valence-corrected chi connectivity index (χ4v) is 16.9. The third kappa shape index (κ3) is 7.69. The van der Waals surface area contributed by atoms with Crippen LogP contribution in [0.4, 0.5) is 9.59 Å². The lowest BCUT2D eigenvalue weighted by Gasteiger charge is -2.35. The van der Waals surface area contributed by atoms with Crippen molar-refractivity contribution in [2.24, 2.45) is 0 Å². The van der Waals surface area contributed by atoms with Crippen LogP contribution in [0.25, 0.3) is 22.3 Å². The summed E-state index contributed by atoms with van der Waals surface area (Å²) in [6.45, 7) is 10.7. The highest BCUT2D eigenvalue weighted by Gasteiger charge is 2.35. The molecule has 0 saturated carbocycles. The van der Waals surface area contributed by atoms with Crippen molar-refractivity contribution in [1.29, 1.82) is 0 Å². The molecule has 2 aliphatic rings. The molecule has 9 heteroatoms. The van der Waals surface area contributed by atoms with Crippen LogP contribution in [-0.4, -0.2) is 75.0 Å². The first-order valence-corrected chi connectivity index (χ1v) is 23.7. The van der Waals surface area contributed by atoms with Crippen molar-refractivity contribution in [1.82, 2.24) is 9.80 Å². The number of carboxylic acid groups (broad SMARTS) is 2. The number of carbonyl (C=O) groups is 2. The van der Waals surface area contributed by atoms with E-state index >= 15 is 0 Å². The Bertz CT molecular complexity index is 1600. The molecule has 2 amide bonds. The first kappa shape index (κ1) is 34.7. The highest BCUT2D eigenvalue weighted by molar-refractivity contribution is 6.84. The average Bonchev–Trinajstić information content (AvgIpc) is 3.55. The molecule has 2 aliphatic carbocycles. The number of amides is 2. The Morgan fingerprint density at radius 3 is 1.12 bits per heavy atom. The van der Waals surface area contributed by atoms with E-state index in [2.05, 4.69) is 74.7 Å². The minimum absolute atomic E-state index is 0.0277. The van der Waals surface area contributed by atoms with Crippen molar-refractivity contribution in [3.05, 3.63) is 119 Å². The Morgan fingerprint density at radius 2 is 0.837 bits per heavy atom. The Morgan fingerprint density at radius 1 is 0.551 bits per heavy atom. The molecule has 0 fully saturated rings. The molecular formula is C40H48N2O5Si2. The largest absolute Gasteiger partial charge is 0.465 e. The number of hydrogen-bond acceptors (Lipinski definition) is 3. The van der Waals surface area contributed by atoms with Gasteiger partial charge in [-0.15, -0.1) is 0 Å². The van der Waals surface area contributed by atoms with E-state index in [1.54, 1.807) is 9.80 Å². The van der Waals surface area contributed by atoms with Gasteiger partial charge in [-0.2, -0.15) is 0 Å². The summed E-state index contributed by atoms with van der Waals surface area (Å²) in [4.78, 5) is 28.0. The summed E-state index contributed by atoms with van der Waals surface area (Å²) in [6.07, 6.45) is -0.263. The smallest absolute Gasteiger partial charge is 0.407 e. The first-order valence-electron chi connectivity index (χ1n) is 17.5. The van der Waals surface area contributed by atoms with Crippen LogP contribution in [0.15, 0.2) is 97.1 Å². The van der Waals surface area contributed by atoms with E-state index in [0.717, 1.165) is 24.9 Å². The Balaban J connectivity index is 1.01. The molecule has 0 aromatic heterocycles. The molecule has 0 radical (unpaired) electrons. The molecule has 0 spiro atoms. The van der Waals surface area contributed by atoms with Gasteiger partial charge in [-0.05, 0) is 95.6 Å². The van der Waals surface area contributed by atoms with Crippen molar-refractivity contribution in [3.63, 3.8) is 0 Å². The fourth-order valence-electron chi connectivity index (χ4n) is 8.13. The monoisotopic (exact) mass is 692 g/mol. The molecule has 0 heterocycles. The second kappa shape index (κ2) is 14.3. The molecule has 6 rings (SSSR count). The SMILES string of the molecule is C[Si](C)(CCCN(CC1c2ccccc2-c2ccccc21)C(=O)O)O[Si](C)(C)CCCN(CC1c2ccccc2-c2ccccc21)C(=O)O. The molecule has 0 bridgehead atoms. The van der Waals surface area contributed by atoms with E-state index in [1.165, 1.54) is 44.5 Å². The van der Waals surface area contributed by atoms with E-state index < -0.39 is 28.8 Å². The molecule has 0 unspecified atom stereocenters. The van der Waals surface area contributed by atoms with E-state index in [9.17, 15) is 19.8 Å². The van der Waals surface area contributed by atoms with Crippen molar-refractivity contribution >= 4 is 28.8 Å². The Labute approximate surface area is 292 Å². The minimum atomic E-state index is -2.10. The van der Waals surface area contributed by atoms with Gasteiger partial charge in [-0.25, -0.2) is 9.59 Å². The quantitative estimate of drug-likeness (QED) is 0.128. The van der Waals surface area contributed by atoms with Crippen LogP contribution in [0.5, 0.6) is 0 Å². The maximum absolute atomic E-state index is 12.4. The van der Waals surface area contributed by atoms with Gasteiger partial charge in [-0.1, -0.05) is 97.1 Å². The number of fused-ring (bicyclic) bond motifs is 6. The van der Waals surface area contributed by atoms with Gasteiger partial charge in [0.05, 0.1) is 0 Å². The Kier molecular flexibility index (Phi) is 10.2. The van der Waals surface area contributed by atoms with Crippen molar-refractivity contribution in [3.8, 4) is 22.3 Å². The van der Waals surface area contributed by atoms with Gasteiger partial charge in [0.2, 0.25) is 0 Å². The van der Waals surface area contributed by atoms with Crippen LogP contribution in [-0.2, 0) is 4.12 Å². The number of nitrogens with zero attached hydrogens (tertiary/aromatic N) is 2. The van der Waals surface area contributed by atoms with Gasteiger partial charge in [0.15, 0.2) is 16.6 Å². The lowest BCUT2D eigenvalue weighted by atomic mass is 9.96. The molecule has 7 nitrogen and oxygen atoms in total. The van der Waals surface area contributed by atoms with E-state index in [1.807, 2.05) is 48.5 Å². The third-order valence-corrected chi connectivity index (χ3v) is 17.8. The van der Waals surface area contributed by atoms with Crippen molar-refractivity contribution in [2.45, 2.75) is 63.0 Å². The summed E-state index contributed by atoms with van der Waals surface area (Å²) < 4.78 is 6.91. The average molecular weight is 693 g/mol. The molecule has 0 saturated heterocycles. The summed E-state index contributed by atoms with van der Waals surface area (Å²) in [6, 6.07) is 35.1. The molecular weight excluding hydrogens is 645 g/mol. The standard InChI is InChI=1S/C40H48N2O5Si2/c1-48(2,25-13-23-41(39(43)44)27-37-33-19-9-5-15-29(33)30-16-6-10-20-34(30)37)47-49(3,4)26-14-24-42(40(45)46)28-38-35-21-11-7-17-31(35)32-18-8-12-22-36(32)38/h5-12,15-22,37-38H,13-14,23-28H2,1-4H3,(H,43,44)(H,45,46). The predicted octanol–water partition coefficient (Wildman–Crippen LogP) is 9.78. The van der Waals surface area contributed by atoms with Crippen LogP contribution in [0.1, 0.15) is 46.9 Å². The number of hydrogen-bond donors (Lipinski definition) is 2. The molecule has 2 N–H and O–H groups in total. The molecule has 0 atom stereocenters. The number of benzene rings is 4. The minimum Gasteiger partial charge on any atom is -0.465 e. The highest BCUT2D eigenvalue weighted by Crippen LogP contribution is 2.46. The van der Waals surface area contributed by atoms with Gasteiger partial charge in [0.25, 0.3) is 0 Å². The fraction of sp³-hybridized carbons (Fsp3) is 0.350. The molecule has 49 heavy (non-hydrogen) atoms. The van der Waals surface area contributed by atoms with Gasteiger partial charge >= 0.3 is 12.2 Å². The van der Waals surface area contributed by atoms with Gasteiger partial charge in [-0.3, -0.25) is 0 Å². The normalized spacial score (nSPS) is 13.8. The van der Waals surface area contributed by atoms with Crippen molar-refractivity contribution < 1.29 is 23.9 Å². The molecule has 0 aliphatic heterocycles. The Hall–Kier alpha value is -4.19. The zero-order chi connectivity index (χ0) is 34.8. The molecule has 4 aromatic rings. The van der Waals surface area contributed by atoms with Crippen molar-refractivity contribution in [2.75, 3.05) is 26.2 Å². The van der Waals surface area contributed by atoms with Crippen LogP contribution in [0, 0.1) is 0 Å². The zero-order valence-electron chi connectivity index (χ0n) is 29.1. The topological polar surface area (TPSA) is 90.3 Å².